The van der Waals surface area contributed by atoms with Crippen LogP contribution >= 0.6 is 23.1 Å². The third-order valence-electron chi connectivity index (χ3n) is 4.47. The van der Waals surface area contributed by atoms with Gasteiger partial charge in [0.2, 0.25) is 5.91 Å². The highest BCUT2D eigenvalue weighted by Gasteiger charge is 2.28. The number of carbonyl (C=O) groups is 2. The SMILES string of the molecule is COC(=O)c1c(NC(=O)CSc2nnc(-c3ccco3)n2C)sc2c1CCC2. The van der Waals surface area contributed by atoms with E-state index in [0.717, 1.165) is 29.7 Å². The molecular formula is C18H18N4O4S2. The zero-order valence-corrected chi connectivity index (χ0v) is 17.0. The lowest BCUT2D eigenvalue weighted by Gasteiger charge is -2.07. The van der Waals surface area contributed by atoms with Crippen LogP contribution in [0.5, 0.6) is 0 Å². The maximum atomic E-state index is 12.5. The number of hydrogen-bond acceptors (Lipinski definition) is 8. The lowest BCUT2D eigenvalue weighted by atomic mass is 10.1. The molecule has 0 atom stereocenters. The Morgan fingerprint density at radius 2 is 2.25 bits per heavy atom. The summed E-state index contributed by atoms with van der Waals surface area (Å²) in [6.45, 7) is 0. The molecule has 0 aromatic carbocycles. The number of amides is 1. The smallest absolute Gasteiger partial charge is 0.341 e. The van der Waals surface area contributed by atoms with Crippen molar-refractivity contribution in [1.29, 1.82) is 0 Å². The van der Waals surface area contributed by atoms with Crippen LogP contribution in [0.2, 0.25) is 0 Å². The Hall–Kier alpha value is -2.59. The molecule has 0 fully saturated rings. The van der Waals surface area contributed by atoms with Gasteiger partial charge in [-0.3, -0.25) is 4.79 Å². The maximum absolute atomic E-state index is 12.5. The fraction of sp³-hybridized carbons (Fsp3) is 0.333. The van der Waals surface area contributed by atoms with E-state index in [1.54, 1.807) is 23.0 Å². The molecule has 3 heterocycles. The van der Waals surface area contributed by atoms with Gasteiger partial charge in [0.25, 0.3) is 0 Å². The molecule has 3 aromatic rings. The summed E-state index contributed by atoms with van der Waals surface area (Å²) in [6, 6.07) is 3.58. The number of aromatic nitrogens is 3. The van der Waals surface area contributed by atoms with Crippen LogP contribution in [0.1, 0.15) is 27.2 Å². The Morgan fingerprint density at radius 3 is 3.00 bits per heavy atom. The van der Waals surface area contributed by atoms with Crippen molar-refractivity contribution in [1.82, 2.24) is 14.8 Å². The van der Waals surface area contributed by atoms with Gasteiger partial charge in [0.1, 0.15) is 5.00 Å². The number of anilines is 1. The number of fused-ring (bicyclic) bond motifs is 1. The Labute approximate surface area is 169 Å². The van der Waals surface area contributed by atoms with E-state index >= 15 is 0 Å². The summed E-state index contributed by atoms with van der Waals surface area (Å²) in [4.78, 5) is 25.8. The molecule has 0 saturated heterocycles. The van der Waals surface area contributed by atoms with E-state index in [4.69, 9.17) is 9.15 Å². The first kappa shape index (κ1) is 18.8. The van der Waals surface area contributed by atoms with Crippen LogP contribution in [0.15, 0.2) is 28.0 Å². The van der Waals surface area contributed by atoms with E-state index in [9.17, 15) is 9.59 Å². The number of thioether (sulfide) groups is 1. The van der Waals surface area contributed by atoms with Gasteiger partial charge >= 0.3 is 5.97 Å². The molecule has 1 N–H and O–H groups in total. The summed E-state index contributed by atoms with van der Waals surface area (Å²) in [5.74, 6) is 0.738. The third-order valence-corrected chi connectivity index (χ3v) is 6.70. The number of esters is 1. The zero-order chi connectivity index (χ0) is 19.7. The van der Waals surface area contributed by atoms with Gasteiger partial charge in [-0.15, -0.1) is 21.5 Å². The van der Waals surface area contributed by atoms with Crippen molar-refractivity contribution in [3.05, 3.63) is 34.4 Å². The number of rotatable bonds is 6. The zero-order valence-electron chi connectivity index (χ0n) is 15.4. The maximum Gasteiger partial charge on any atom is 0.341 e. The second kappa shape index (κ2) is 7.80. The Bertz CT molecular complexity index is 1020. The van der Waals surface area contributed by atoms with Crippen LogP contribution in [0.25, 0.3) is 11.6 Å². The van der Waals surface area contributed by atoms with Gasteiger partial charge in [-0.1, -0.05) is 11.8 Å². The van der Waals surface area contributed by atoms with Gasteiger partial charge in [0, 0.05) is 11.9 Å². The predicted molar refractivity (Wildman–Crippen MR) is 106 cm³/mol. The van der Waals surface area contributed by atoms with Crippen molar-refractivity contribution in [3.63, 3.8) is 0 Å². The number of hydrogen-bond donors (Lipinski definition) is 1. The van der Waals surface area contributed by atoms with Gasteiger partial charge < -0.3 is 19.0 Å². The Morgan fingerprint density at radius 1 is 1.39 bits per heavy atom. The minimum atomic E-state index is -0.404. The van der Waals surface area contributed by atoms with E-state index < -0.39 is 5.97 Å². The minimum absolute atomic E-state index is 0.146. The van der Waals surface area contributed by atoms with E-state index in [1.807, 2.05) is 7.05 Å². The largest absolute Gasteiger partial charge is 0.465 e. The molecule has 0 saturated carbocycles. The Kier molecular flexibility index (Phi) is 5.23. The molecule has 0 radical (unpaired) electrons. The molecule has 146 valence electrons. The molecule has 1 amide bonds. The molecule has 8 nitrogen and oxygen atoms in total. The first-order valence-corrected chi connectivity index (χ1v) is 10.5. The summed E-state index contributed by atoms with van der Waals surface area (Å²) >= 11 is 2.73. The van der Waals surface area contributed by atoms with Gasteiger partial charge in [-0.25, -0.2) is 4.79 Å². The molecule has 4 rings (SSSR count). The van der Waals surface area contributed by atoms with Crippen molar-refractivity contribution in [2.45, 2.75) is 24.4 Å². The van der Waals surface area contributed by atoms with Crippen molar-refractivity contribution in [2.24, 2.45) is 7.05 Å². The second-order valence-electron chi connectivity index (χ2n) is 6.23. The molecule has 28 heavy (non-hydrogen) atoms. The number of ether oxygens (including phenoxy) is 1. The molecule has 0 aliphatic heterocycles. The van der Waals surface area contributed by atoms with E-state index in [-0.39, 0.29) is 11.7 Å². The molecule has 10 heteroatoms. The fourth-order valence-electron chi connectivity index (χ4n) is 3.16. The summed E-state index contributed by atoms with van der Waals surface area (Å²) in [7, 11) is 3.17. The molecule has 3 aromatic heterocycles. The third kappa shape index (κ3) is 3.45. The second-order valence-corrected chi connectivity index (χ2v) is 8.28. The monoisotopic (exact) mass is 418 g/mol. The number of aryl methyl sites for hydroxylation is 1. The summed E-state index contributed by atoms with van der Waals surface area (Å²) in [5, 5.41) is 12.3. The lowest BCUT2D eigenvalue weighted by molar-refractivity contribution is -0.113. The van der Waals surface area contributed by atoms with Crippen LogP contribution in [0.3, 0.4) is 0 Å². The molecule has 1 aliphatic carbocycles. The van der Waals surface area contributed by atoms with Gasteiger partial charge in [0.15, 0.2) is 16.7 Å². The van der Waals surface area contributed by atoms with E-state index in [0.29, 0.717) is 27.3 Å². The highest BCUT2D eigenvalue weighted by molar-refractivity contribution is 7.99. The van der Waals surface area contributed by atoms with Crippen molar-refractivity contribution >= 4 is 40.0 Å². The normalized spacial score (nSPS) is 12.8. The lowest BCUT2D eigenvalue weighted by Crippen LogP contribution is -2.16. The van der Waals surface area contributed by atoms with Crippen LogP contribution in [0, 0.1) is 0 Å². The predicted octanol–water partition coefficient (Wildman–Crippen LogP) is 3.14. The standard InChI is InChI=1S/C18H18N4O4S2/c1-22-15(11-6-4-8-26-11)20-21-18(22)27-9-13(23)19-16-14(17(24)25-2)10-5-3-7-12(10)28-16/h4,6,8H,3,5,7,9H2,1-2H3,(H,19,23). The van der Waals surface area contributed by atoms with Gasteiger partial charge in [-0.2, -0.15) is 0 Å². The first-order chi connectivity index (χ1) is 13.6. The van der Waals surface area contributed by atoms with Crippen molar-refractivity contribution in [2.75, 3.05) is 18.2 Å². The van der Waals surface area contributed by atoms with Crippen LogP contribution in [-0.2, 0) is 29.4 Å². The average molecular weight is 419 g/mol. The van der Waals surface area contributed by atoms with Crippen LogP contribution < -0.4 is 5.32 Å². The average Bonchev–Trinajstić information content (AvgIpc) is 3.44. The number of thiophene rings is 1. The Balaban J connectivity index is 1.44. The quantitative estimate of drug-likeness (QED) is 0.485. The molecule has 1 aliphatic rings. The highest BCUT2D eigenvalue weighted by Crippen LogP contribution is 2.39. The van der Waals surface area contributed by atoms with Gasteiger partial charge in [-0.05, 0) is 37.0 Å². The number of nitrogens with one attached hydrogen (secondary N) is 1. The van der Waals surface area contributed by atoms with Crippen molar-refractivity contribution in [3.8, 4) is 11.6 Å². The molecule has 0 bridgehead atoms. The molecular weight excluding hydrogens is 400 g/mol. The summed E-state index contributed by atoms with van der Waals surface area (Å²) in [5.41, 5.74) is 1.51. The number of carbonyl (C=O) groups excluding carboxylic acids is 2. The summed E-state index contributed by atoms with van der Waals surface area (Å²) in [6.07, 6.45) is 4.37. The number of nitrogens with zero attached hydrogens (tertiary/aromatic N) is 3. The number of furan rings is 1. The number of methoxy groups -OCH3 is 1. The molecule has 0 unspecified atom stereocenters. The van der Waals surface area contributed by atoms with Crippen molar-refractivity contribution < 1.29 is 18.7 Å². The van der Waals surface area contributed by atoms with E-state index in [2.05, 4.69) is 15.5 Å². The van der Waals surface area contributed by atoms with E-state index in [1.165, 1.54) is 30.2 Å². The fourth-order valence-corrected chi connectivity index (χ4v) is 5.17. The molecule has 0 spiro atoms. The van der Waals surface area contributed by atoms with Crippen LogP contribution in [-0.4, -0.2) is 39.5 Å². The first-order valence-electron chi connectivity index (χ1n) is 8.67. The van der Waals surface area contributed by atoms with Gasteiger partial charge in [0.05, 0.1) is 24.7 Å². The van der Waals surface area contributed by atoms with Crippen LogP contribution in [0.4, 0.5) is 5.00 Å². The highest BCUT2D eigenvalue weighted by atomic mass is 32.2. The summed E-state index contributed by atoms with van der Waals surface area (Å²) < 4.78 is 12.0. The topological polar surface area (TPSA) is 99.2 Å². The minimum Gasteiger partial charge on any atom is -0.465 e.